The number of hydrogen-bond donors (Lipinski definition) is 0. The molecule has 0 aromatic carbocycles. The molecule has 0 radical (unpaired) electrons. The SMILES string of the molecule is [CH3][In]([CH3])[C]#C[Si]1(C)C[Si](C)(C#[C][In]([CH3])[CH3])C[Si](C)(C#[C][In]([CH3])[CH3])C1. The van der Waals surface area contributed by atoms with Crippen molar-refractivity contribution in [1.29, 1.82) is 0 Å². The summed E-state index contributed by atoms with van der Waals surface area (Å²) < 4.78 is 25.9. The van der Waals surface area contributed by atoms with Crippen LogP contribution in [0.3, 0.4) is 0 Å². The van der Waals surface area contributed by atoms with Crippen LogP contribution < -0.4 is 0 Å². The van der Waals surface area contributed by atoms with Crippen LogP contribution in [0.15, 0.2) is 0 Å². The van der Waals surface area contributed by atoms with Gasteiger partial charge in [-0.05, 0) is 0 Å². The Bertz CT molecular complexity index is 539. The first-order chi connectivity index (χ1) is 10.9. The molecule has 0 atom stereocenters. The van der Waals surface area contributed by atoms with Crippen molar-refractivity contribution in [2.45, 2.75) is 64.7 Å². The Morgan fingerprint density at radius 2 is 0.708 bits per heavy atom. The minimum atomic E-state index is -1.46. The van der Waals surface area contributed by atoms with E-state index in [1.807, 2.05) is 0 Å². The molecule has 1 rings (SSSR count). The standard InChI is InChI=1S/C12H15Si3.6CH3.3In/c1-7-13(4)10-14(5,8-2)12-15(6,9-3)11-13;;;;;;;;;/h10-12H2,4-6H3;6*1H3;;;. The van der Waals surface area contributed by atoms with Gasteiger partial charge < -0.3 is 0 Å². The van der Waals surface area contributed by atoms with E-state index in [0.717, 1.165) is 0 Å². The van der Waals surface area contributed by atoms with Gasteiger partial charge in [-0.2, -0.15) is 0 Å². The van der Waals surface area contributed by atoms with E-state index in [2.05, 4.69) is 75.4 Å². The van der Waals surface area contributed by atoms with Gasteiger partial charge in [0.15, 0.2) is 0 Å². The summed E-state index contributed by atoms with van der Waals surface area (Å²) in [7, 11) is -4.37. The van der Waals surface area contributed by atoms with Crippen LogP contribution in [-0.2, 0) is 0 Å². The molecule has 1 fully saturated rings. The molecular formula is C18H33In3Si3. The summed E-state index contributed by atoms with van der Waals surface area (Å²) in [5.74, 6) is 0. The van der Waals surface area contributed by atoms with Gasteiger partial charge in [0.25, 0.3) is 0 Å². The van der Waals surface area contributed by atoms with Gasteiger partial charge in [-0.15, -0.1) is 0 Å². The van der Waals surface area contributed by atoms with E-state index in [0.29, 0.717) is 0 Å². The second-order valence-electron chi connectivity index (χ2n) is 9.48. The van der Waals surface area contributed by atoms with Crippen LogP contribution in [0, 0.1) is 27.7 Å². The normalized spacial score (nSPS) is 31.4. The predicted molar refractivity (Wildman–Crippen MR) is 125 cm³/mol. The molecule has 24 heavy (non-hydrogen) atoms. The molecule has 0 bridgehead atoms. The fraction of sp³-hybridized carbons (Fsp3) is 0.667. The second-order valence-corrected chi connectivity index (χ2v) is 46.1. The molecule has 1 heterocycles. The molecule has 0 saturated carbocycles. The average Bonchev–Trinajstić information content (AvgIpc) is 2.40. The Kier molecular flexibility index (Phi) is 9.92. The summed E-state index contributed by atoms with van der Waals surface area (Å²) in [5.41, 5.74) is 16.1. The zero-order valence-corrected chi connectivity index (χ0v) is 30.2. The Balaban J connectivity index is 3.30. The fourth-order valence-electron chi connectivity index (χ4n) is 3.99. The molecule has 1 aliphatic rings. The molecule has 0 N–H and O–H groups in total. The zero-order valence-electron chi connectivity index (χ0n) is 17.4. The van der Waals surface area contributed by atoms with E-state index in [-0.39, 0.29) is 0 Å². The van der Waals surface area contributed by atoms with Gasteiger partial charge in [0, 0.05) is 0 Å². The zero-order chi connectivity index (χ0) is 18.6. The van der Waals surface area contributed by atoms with Crippen LogP contribution in [0.4, 0.5) is 0 Å². The Hall–Kier alpha value is 1.94. The predicted octanol–water partition coefficient (Wildman–Crippen LogP) is 4.36. The third-order valence-electron chi connectivity index (χ3n) is 4.33. The maximum atomic E-state index is 3.93. The van der Waals surface area contributed by atoms with Crippen molar-refractivity contribution < 1.29 is 0 Å². The van der Waals surface area contributed by atoms with E-state index in [1.165, 1.54) is 17.0 Å². The van der Waals surface area contributed by atoms with Gasteiger partial charge in [0.2, 0.25) is 0 Å². The molecule has 0 aliphatic carbocycles. The van der Waals surface area contributed by atoms with Crippen LogP contribution in [0.25, 0.3) is 0 Å². The summed E-state index contributed by atoms with van der Waals surface area (Å²) >= 11 is -4.31. The van der Waals surface area contributed by atoms with Crippen molar-refractivity contribution in [3.8, 4) is 27.7 Å². The van der Waals surface area contributed by atoms with Gasteiger partial charge in [0.1, 0.15) is 0 Å². The van der Waals surface area contributed by atoms with Crippen molar-refractivity contribution >= 4 is 88.5 Å². The van der Waals surface area contributed by atoms with E-state index in [4.69, 9.17) is 0 Å². The van der Waals surface area contributed by atoms with E-state index in [1.54, 1.807) is 0 Å². The molecule has 0 aromatic heterocycles. The van der Waals surface area contributed by atoms with Crippen LogP contribution in [-0.4, -0.2) is 88.5 Å². The van der Waals surface area contributed by atoms with Crippen LogP contribution in [0.1, 0.15) is 0 Å². The molecular weight excluding hydrogens is 645 g/mol. The van der Waals surface area contributed by atoms with Gasteiger partial charge in [-0.3, -0.25) is 0 Å². The van der Waals surface area contributed by atoms with Crippen molar-refractivity contribution in [3.05, 3.63) is 0 Å². The van der Waals surface area contributed by atoms with Crippen molar-refractivity contribution in [2.75, 3.05) is 0 Å². The quantitative estimate of drug-likeness (QED) is 0.264. The molecule has 0 unspecified atom stereocenters. The molecule has 0 amide bonds. The van der Waals surface area contributed by atoms with E-state index < -0.39 is 88.5 Å². The topological polar surface area (TPSA) is 0 Å². The summed E-state index contributed by atoms with van der Waals surface area (Å²) in [5, 5.41) is 0. The monoisotopic (exact) mass is 678 g/mol. The minimum absolute atomic E-state index is 1.44. The molecule has 6 heteroatoms. The number of rotatable bonds is 0. The van der Waals surface area contributed by atoms with Gasteiger partial charge >= 0.3 is 181 Å². The van der Waals surface area contributed by atoms with E-state index >= 15 is 0 Å². The number of hydrogen-bond acceptors (Lipinski definition) is 0. The first-order valence-electron chi connectivity index (χ1n) is 9.45. The summed E-state index contributed by atoms with van der Waals surface area (Å²) in [6.07, 6.45) is 0. The average molecular weight is 678 g/mol. The van der Waals surface area contributed by atoms with Crippen molar-refractivity contribution in [1.82, 2.24) is 0 Å². The first kappa shape index (κ1) is 24.0. The van der Waals surface area contributed by atoms with E-state index in [9.17, 15) is 0 Å². The fourth-order valence-corrected chi connectivity index (χ4v) is 49.9. The summed E-state index contributed by atoms with van der Waals surface area (Å²) in [4.78, 5) is 0. The second kappa shape index (κ2) is 9.93. The van der Waals surface area contributed by atoms with Crippen LogP contribution in [0.2, 0.25) is 64.7 Å². The third kappa shape index (κ3) is 8.75. The Labute approximate surface area is 178 Å². The van der Waals surface area contributed by atoms with Crippen molar-refractivity contribution in [3.63, 3.8) is 0 Å². The maximum absolute atomic E-state index is 3.93. The van der Waals surface area contributed by atoms with Crippen molar-refractivity contribution in [2.24, 2.45) is 0 Å². The van der Waals surface area contributed by atoms with Gasteiger partial charge in [-0.25, -0.2) is 0 Å². The Morgan fingerprint density at radius 3 is 0.875 bits per heavy atom. The van der Waals surface area contributed by atoms with Crippen LogP contribution >= 0.6 is 0 Å². The Morgan fingerprint density at radius 1 is 0.500 bits per heavy atom. The molecule has 0 aromatic rings. The molecule has 126 valence electrons. The van der Waals surface area contributed by atoms with Gasteiger partial charge in [-0.1, -0.05) is 0 Å². The molecule has 0 spiro atoms. The first-order valence-corrected chi connectivity index (χ1v) is 42.9. The molecule has 1 saturated heterocycles. The molecule has 0 nitrogen and oxygen atoms in total. The summed E-state index contributed by atoms with van der Waals surface area (Å²) in [6, 6.07) is 0. The third-order valence-corrected chi connectivity index (χ3v) is 34.0. The molecule has 1 aliphatic heterocycles. The van der Waals surface area contributed by atoms with Gasteiger partial charge in [0.05, 0.1) is 0 Å². The summed E-state index contributed by atoms with van der Waals surface area (Å²) in [6.45, 7) is 7.76. The van der Waals surface area contributed by atoms with Crippen LogP contribution in [0.5, 0.6) is 0 Å².